The second-order valence-electron chi connectivity index (χ2n) is 4.55. The van der Waals surface area contributed by atoms with Crippen LogP contribution in [0.3, 0.4) is 0 Å². The second kappa shape index (κ2) is 7.37. The Morgan fingerprint density at radius 3 is 2.65 bits per heavy atom. The van der Waals surface area contributed by atoms with Gasteiger partial charge in [-0.1, -0.05) is 25.6 Å². The number of thioether (sulfide) groups is 1. The normalized spacial score (nSPS) is 9.85. The van der Waals surface area contributed by atoms with Crippen LogP contribution in [0.1, 0.15) is 25.0 Å². The van der Waals surface area contributed by atoms with Crippen LogP contribution in [0.5, 0.6) is 0 Å². The van der Waals surface area contributed by atoms with Gasteiger partial charge >= 0.3 is 0 Å². The summed E-state index contributed by atoms with van der Waals surface area (Å²) in [5.41, 5.74) is 6.18. The van der Waals surface area contributed by atoms with E-state index in [-0.39, 0.29) is 23.0 Å². The van der Waals surface area contributed by atoms with Gasteiger partial charge in [0.25, 0.3) is 5.82 Å². The molecule has 1 amide bonds. The van der Waals surface area contributed by atoms with Crippen molar-refractivity contribution in [3.05, 3.63) is 17.2 Å². The SMILES string of the molecule is CC(C)CNC(=O)CSc1[nH+]c(N)c(C#N)cc1C#N. The molecule has 0 spiro atoms. The number of H-pyrrole nitrogens is 1. The van der Waals surface area contributed by atoms with E-state index < -0.39 is 0 Å². The minimum atomic E-state index is -0.107. The molecule has 0 fully saturated rings. The fraction of sp³-hybridized carbons (Fsp3) is 0.385. The van der Waals surface area contributed by atoms with Crippen molar-refractivity contribution in [2.45, 2.75) is 18.9 Å². The molecular weight excluding hydrogens is 274 g/mol. The Hall–Kier alpha value is -2.25. The van der Waals surface area contributed by atoms with Crippen LogP contribution in [0.25, 0.3) is 0 Å². The van der Waals surface area contributed by atoms with Gasteiger partial charge in [0.15, 0.2) is 5.03 Å². The summed E-state index contributed by atoms with van der Waals surface area (Å²) >= 11 is 1.19. The van der Waals surface area contributed by atoms with Crippen LogP contribution in [0.15, 0.2) is 11.1 Å². The van der Waals surface area contributed by atoms with Gasteiger partial charge in [-0.3, -0.25) is 10.5 Å². The third-order valence-corrected chi connectivity index (χ3v) is 3.38. The molecule has 20 heavy (non-hydrogen) atoms. The van der Waals surface area contributed by atoms with E-state index in [9.17, 15) is 4.79 Å². The summed E-state index contributed by atoms with van der Waals surface area (Å²) in [7, 11) is 0. The first-order chi connectivity index (χ1) is 9.47. The van der Waals surface area contributed by atoms with Crippen LogP contribution >= 0.6 is 11.8 Å². The van der Waals surface area contributed by atoms with E-state index in [1.54, 1.807) is 0 Å². The van der Waals surface area contributed by atoms with Gasteiger partial charge < -0.3 is 5.32 Å². The zero-order chi connectivity index (χ0) is 15.1. The van der Waals surface area contributed by atoms with Crippen LogP contribution in [-0.2, 0) is 4.79 Å². The van der Waals surface area contributed by atoms with Crippen LogP contribution in [0.4, 0.5) is 5.82 Å². The standard InChI is InChI=1S/C13H15N5OS/c1-8(2)6-17-11(19)7-20-13-10(5-15)3-9(4-14)12(16)18-13/h3,8H,6-7H2,1-2H3,(H2,16,18)(H,17,19)/p+1. The molecule has 0 atom stereocenters. The van der Waals surface area contributed by atoms with Crippen LogP contribution in [-0.4, -0.2) is 18.2 Å². The van der Waals surface area contributed by atoms with E-state index in [4.69, 9.17) is 16.3 Å². The van der Waals surface area contributed by atoms with E-state index in [1.165, 1.54) is 17.8 Å². The van der Waals surface area contributed by atoms with E-state index in [1.807, 2.05) is 26.0 Å². The topological polar surface area (TPSA) is 117 Å². The van der Waals surface area contributed by atoms with Gasteiger partial charge in [-0.25, -0.2) is 4.98 Å². The molecule has 7 heteroatoms. The van der Waals surface area contributed by atoms with Gasteiger partial charge in [-0.05, 0) is 12.0 Å². The van der Waals surface area contributed by atoms with Crippen molar-refractivity contribution >= 4 is 23.5 Å². The largest absolute Gasteiger partial charge is 0.355 e. The highest BCUT2D eigenvalue weighted by molar-refractivity contribution is 7.99. The molecule has 0 bridgehead atoms. The molecule has 6 nitrogen and oxygen atoms in total. The van der Waals surface area contributed by atoms with Crippen molar-refractivity contribution in [1.29, 1.82) is 10.5 Å². The van der Waals surface area contributed by atoms with Crippen LogP contribution in [0.2, 0.25) is 0 Å². The average Bonchev–Trinajstić information content (AvgIpc) is 2.42. The first-order valence-electron chi connectivity index (χ1n) is 6.03. The predicted molar refractivity (Wildman–Crippen MR) is 75.4 cm³/mol. The van der Waals surface area contributed by atoms with Crippen molar-refractivity contribution in [3.8, 4) is 12.1 Å². The molecular formula is C13H16N5OS+. The molecule has 0 saturated heterocycles. The minimum Gasteiger partial charge on any atom is -0.355 e. The summed E-state index contributed by atoms with van der Waals surface area (Å²) < 4.78 is 0. The maximum atomic E-state index is 11.6. The lowest BCUT2D eigenvalue weighted by molar-refractivity contribution is -0.410. The monoisotopic (exact) mass is 290 g/mol. The van der Waals surface area contributed by atoms with E-state index >= 15 is 0 Å². The van der Waals surface area contributed by atoms with Gasteiger partial charge in [0.05, 0.1) is 5.75 Å². The number of anilines is 1. The highest BCUT2D eigenvalue weighted by Gasteiger charge is 2.15. The molecule has 1 heterocycles. The first kappa shape index (κ1) is 15.8. The number of nitrogen functional groups attached to an aromatic ring is 1. The van der Waals surface area contributed by atoms with Gasteiger partial charge in [0, 0.05) is 6.54 Å². The number of hydrogen-bond donors (Lipinski definition) is 2. The summed E-state index contributed by atoms with van der Waals surface area (Å²) in [5, 5.41) is 21.2. The Labute approximate surface area is 122 Å². The average molecular weight is 290 g/mol. The highest BCUT2D eigenvalue weighted by Crippen LogP contribution is 2.19. The molecule has 1 aromatic rings. The number of nitriles is 2. The Morgan fingerprint density at radius 2 is 2.10 bits per heavy atom. The quantitative estimate of drug-likeness (QED) is 0.774. The number of carbonyl (C=O) groups is 1. The molecule has 0 unspecified atom stereocenters. The first-order valence-corrected chi connectivity index (χ1v) is 7.02. The second-order valence-corrected chi connectivity index (χ2v) is 5.54. The lowest BCUT2D eigenvalue weighted by atomic mass is 10.2. The number of nitrogens with two attached hydrogens (primary N) is 1. The number of aromatic nitrogens is 1. The fourth-order valence-electron chi connectivity index (χ4n) is 1.34. The molecule has 0 saturated carbocycles. The van der Waals surface area contributed by atoms with E-state index in [2.05, 4.69) is 10.3 Å². The molecule has 1 aromatic heterocycles. The molecule has 0 aliphatic carbocycles. The maximum absolute atomic E-state index is 11.6. The number of rotatable bonds is 5. The molecule has 0 aliphatic rings. The lowest BCUT2D eigenvalue weighted by Gasteiger charge is -2.07. The van der Waals surface area contributed by atoms with Crippen LogP contribution < -0.4 is 16.0 Å². The number of nitrogens with zero attached hydrogens (tertiary/aromatic N) is 2. The van der Waals surface area contributed by atoms with E-state index in [0.717, 1.165) is 0 Å². The molecule has 0 aromatic carbocycles. The number of pyridine rings is 1. The molecule has 1 rings (SSSR count). The van der Waals surface area contributed by atoms with Crippen molar-refractivity contribution in [3.63, 3.8) is 0 Å². The summed E-state index contributed by atoms with van der Waals surface area (Å²) in [5.74, 6) is 0.653. The number of carbonyl (C=O) groups excluding carboxylic acids is 1. The smallest absolute Gasteiger partial charge is 0.289 e. The lowest BCUT2D eigenvalue weighted by Crippen LogP contribution is -2.29. The molecule has 4 N–H and O–H groups in total. The summed E-state index contributed by atoms with van der Waals surface area (Å²) in [6, 6.07) is 5.30. The van der Waals surface area contributed by atoms with Crippen LogP contribution in [0, 0.1) is 28.6 Å². The summed E-state index contributed by atoms with van der Waals surface area (Å²) in [6.07, 6.45) is 0. The van der Waals surface area contributed by atoms with Gasteiger partial charge in [-0.15, -0.1) is 0 Å². The van der Waals surface area contributed by atoms with Gasteiger partial charge in [-0.2, -0.15) is 10.5 Å². The number of aromatic amines is 1. The Kier molecular flexibility index (Phi) is 5.82. The van der Waals surface area contributed by atoms with E-state index in [0.29, 0.717) is 23.1 Å². The molecule has 0 radical (unpaired) electrons. The maximum Gasteiger partial charge on any atom is 0.289 e. The van der Waals surface area contributed by atoms with Crippen molar-refractivity contribution < 1.29 is 9.78 Å². The van der Waals surface area contributed by atoms with Crippen molar-refractivity contribution in [1.82, 2.24) is 5.32 Å². The van der Waals surface area contributed by atoms with Gasteiger partial charge in [0.1, 0.15) is 23.3 Å². The zero-order valence-corrected chi connectivity index (χ0v) is 12.2. The summed E-state index contributed by atoms with van der Waals surface area (Å²) in [4.78, 5) is 14.4. The Bertz CT molecular complexity index is 586. The highest BCUT2D eigenvalue weighted by atomic mass is 32.2. The third-order valence-electron chi connectivity index (χ3n) is 2.37. The number of hydrogen-bond acceptors (Lipinski definition) is 5. The fourth-order valence-corrected chi connectivity index (χ4v) is 2.16. The Morgan fingerprint density at radius 1 is 1.45 bits per heavy atom. The molecule has 104 valence electrons. The Balaban J connectivity index is 2.74. The minimum absolute atomic E-state index is 0.107. The van der Waals surface area contributed by atoms with Crippen molar-refractivity contribution in [2.75, 3.05) is 18.0 Å². The number of nitrogens with one attached hydrogen (secondary N) is 2. The molecule has 0 aliphatic heterocycles. The van der Waals surface area contributed by atoms with Gasteiger partial charge in [0.2, 0.25) is 5.91 Å². The number of amides is 1. The zero-order valence-electron chi connectivity index (χ0n) is 11.4. The van der Waals surface area contributed by atoms with Crippen molar-refractivity contribution in [2.24, 2.45) is 5.92 Å². The summed E-state index contributed by atoms with van der Waals surface area (Å²) in [6.45, 7) is 4.64. The third kappa shape index (κ3) is 4.45. The predicted octanol–water partition coefficient (Wildman–Crippen LogP) is 0.691.